The van der Waals surface area contributed by atoms with Gasteiger partial charge in [-0.3, -0.25) is 4.79 Å². The van der Waals surface area contributed by atoms with Crippen molar-refractivity contribution in [2.24, 2.45) is 5.92 Å². The van der Waals surface area contributed by atoms with E-state index in [1.807, 2.05) is 13.8 Å². The first-order chi connectivity index (χ1) is 8.62. The van der Waals surface area contributed by atoms with Crippen LogP contribution in [-0.4, -0.2) is 11.9 Å². The third-order valence-electron chi connectivity index (χ3n) is 2.90. The zero-order valence-corrected chi connectivity index (χ0v) is 10.8. The minimum absolute atomic E-state index is 0.0952. The molecular formula is C13H15F4NO. The minimum Gasteiger partial charge on any atom is -0.349 e. The number of carbonyl (C=O) groups is 1. The molecule has 1 amide bonds. The van der Waals surface area contributed by atoms with Crippen molar-refractivity contribution in [2.45, 2.75) is 33.0 Å². The van der Waals surface area contributed by atoms with Gasteiger partial charge in [0, 0.05) is 6.04 Å². The topological polar surface area (TPSA) is 29.1 Å². The lowest BCUT2D eigenvalue weighted by atomic mass is 10.0. The molecule has 0 bridgehead atoms. The highest BCUT2D eigenvalue weighted by atomic mass is 19.4. The summed E-state index contributed by atoms with van der Waals surface area (Å²) in [7, 11) is 0. The van der Waals surface area contributed by atoms with E-state index in [9.17, 15) is 22.4 Å². The first-order valence-electron chi connectivity index (χ1n) is 5.80. The summed E-state index contributed by atoms with van der Waals surface area (Å²) >= 11 is 0. The summed E-state index contributed by atoms with van der Waals surface area (Å²) < 4.78 is 50.9. The van der Waals surface area contributed by atoms with E-state index >= 15 is 0 Å². The summed E-state index contributed by atoms with van der Waals surface area (Å²) in [6.45, 7) is 5.38. The molecule has 1 N–H and O–H groups in total. The lowest BCUT2D eigenvalue weighted by Gasteiger charge is -2.18. The zero-order chi connectivity index (χ0) is 14.8. The molecule has 106 valence electrons. The molecule has 0 saturated heterocycles. The third-order valence-corrected chi connectivity index (χ3v) is 2.90. The number of nitrogens with one attached hydrogen (secondary N) is 1. The molecule has 0 aliphatic carbocycles. The van der Waals surface area contributed by atoms with Gasteiger partial charge in [0.1, 0.15) is 5.82 Å². The van der Waals surface area contributed by atoms with Crippen molar-refractivity contribution in [1.29, 1.82) is 0 Å². The lowest BCUT2D eigenvalue weighted by molar-refractivity contribution is -0.137. The van der Waals surface area contributed by atoms with E-state index in [1.54, 1.807) is 6.92 Å². The van der Waals surface area contributed by atoms with Gasteiger partial charge in [0.15, 0.2) is 0 Å². The van der Waals surface area contributed by atoms with Gasteiger partial charge in [0.25, 0.3) is 5.91 Å². The smallest absolute Gasteiger partial charge is 0.349 e. The van der Waals surface area contributed by atoms with E-state index in [4.69, 9.17) is 0 Å². The fourth-order valence-corrected chi connectivity index (χ4v) is 1.33. The molecule has 1 aromatic rings. The molecule has 0 spiro atoms. The van der Waals surface area contributed by atoms with Gasteiger partial charge >= 0.3 is 6.18 Å². The quantitative estimate of drug-likeness (QED) is 0.840. The highest BCUT2D eigenvalue weighted by molar-refractivity contribution is 5.94. The monoisotopic (exact) mass is 277 g/mol. The molecule has 0 aliphatic rings. The second kappa shape index (κ2) is 5.59. The maximum absolute atomic E-state index is 13.4. The molecule has 0 aromatic heterocycles. The second-order valence-corrected chi connectivity index (χ2v) is 4.70. The van der Waals surface area contributed by atoms with Gasteiger partial charge in [-0.25, -0.2) is 4.39 Å². The van der Waals surface area contributed by atoms with Gasteiger partial charge < -0.3 is 5.32 Å². The minimum atomic E-state index is -4.60. The van der Waals surface area contributed by atoms with Crippen LogP contribution in [0, 0.1) is 11.7 Å². The predicted molar refractivity (Wildman–Crippen MR) is 63.2 cm³/mol. The summed E-state index contributed by atoms with van der Waals surface area (Å²) in [4.78, 5) is 11.7. The van der Waals surface area contributed by atoms with Gasteiger partial charge in [-0.15, -0.1) is 0 Å². The molecular weight excluding hydrogens is 262 g/mol. The Morgan fingerprint density at radius 1 is 1.21 bits per heavy atom. The Bertz CT molecular complexity index is 468. The Morgan fingerprint density at radius 3 is 2.26 bits per heavy atom. The molecule has 19 heavy (non-hydrogen) atoms. The number of hydrogen-bond donors (Lipinski definition) is 1. The van der Waals surface area contributed by atoms with Crippen LogP contribution in [0.25, 0.3) is 0 Å². The number of amides is 1. The molecule has 0 heterocycles. The van der Waals surface area contributed by atoms with Gasteiger partial charge in [0.05, 0.1) is 11.1 Å². The average molecular weight is 277 g/mol. The maximum atomic E-state index is 13.4. The van der Waals surface area contributed by atoms with Crippen LogP contribution in [0.1, 0.15) is 36.7 Å². The fraction of sp³-hybridized carbons (Fsp3) is 0.462. The van der Waals surface area contributed by atoms with Crippen LogP contribution in [0.3, 0.4) is 0 Å². The van der Waals surface area contributed by atoms with Crippen LogP contribution < -0.4 is 5.32 Å². The van der Waals surface area contributed by atoms with E-state index in [0.29, 0.717) is 18.2 Å². The van der Waals surface area contributed by atoms with Crippen LogP contribution >= 0.6 is 0 Å². The Balaban J connectivity index is 3.03. The number of halogens is 4. The van der Waals surface area contributed by atoms with Gasteiger partial charge in [0.2, 0.25) is 0 Å². The molecule has 1 unspecified atom stereocenters. The van der Waals surface area contributed by atoms with Crippen molar-refractivity contribution in [1.82, 2.24) is 5.32 Å². The van der Waals surface area contributed by atoms with Crippen molar-refractivity contribution >= 4 is 5.91 Å². The number of hydrogen-bond acceptors (Lipinski definition) is 1. The molecule has 1 aromatic carbocycles. The Labute approximate surface area is 108 Å². The SMILES string of the molecule is CC(C)C(C)NC(=O)c1cc(C(F)(F)F)ccc1F. The molecule has 6 heteroatoms. The highest BCUT2D eigenvalue weighted by Crippen LogP contribution is 2.30. The standard InChI is InChI=1S/C13H15F4NO/c1-7(2)8(3)18-12(19)10-6-9(13(15,16)17)4-5-11(10)14/h4-8H,1-3H3,(H,18,19). The number of rotatable bonds is 3. The first kappa shape index (κ1) is 15.5. The average Bonchev–Trinajstić information content (AvgIpc) is 2.27. The molecule has 0 aliphatic heterocycles. The second-order valence-electron chi connectivity index (χ2n) is 4.70. The van der Waals surface area contributed by atoms with E-state index < -0.39 is 29.0 Å². The molecule has 2 nitrogen and oxygen atoms in total. The first-order valence-corrected chi connectivity index (χ1v) is 5.80. The number of carbonyl (C=O) groups excluding carboxylic acids is 1. The lowest BCUT2D eigenvalue weighted by Crippen LogP contribution is -2.36. The fourth-order valence-electron chi connectivity index (χ4n) is 1.33. The van der Waals surface area contributed by atoms with Crippen LogP contribution in [-0.2, 0) is 6.18 Å². The van der Waals surface area contributed by atoms with Crippen molar-refractivity contribution in [3.8, 4) is 0 Å². The van der Waals surface area contributed by atoms with Crippen molar-refractivity contribution in [3.05, 3.63) is 35.1 Å². The van der Waals surface area contributed by atoms with Crippen LogP contribution in [0.15, 0.2) is 18.2 Å². The van der Waals surface area contributed by atoms with E-state index in [1.165, 1.54) is 0 Å². The number of benzene rings is 1. The Hall–Kier alpha value is -1.59. The predicted octanol–water partition coefficient (Wildman–Crippen LogP) is 3.62. The number of alkyl halides is 3. The van der Waals surface area contributed by atoms with Crippen molar-refractivity contribution in [2.75, 3.05) is 0 Å². The van der Waals surface area contributed by atoms with Crippen molar-refractivity contribution < 1.29 is 22.4 Å². The van der Waals surface area contributed by atoms with Gasteiger partial charge in [-0.1, -0.05) is 13.8 Å². The molecule has 1 rings (SSSR count). The van der Waals surface area contributed by atoms with Gasteiger partial charge in [-0.05, 0) is 31.0 Å². The maximum Gasteiger partial charge on any atom is 0.416 e. The summed E-state index contributed by atoms with van der Waals surface area (Å²) in [6, 6.07) is 1.52. The highest BCUT2D eigenvalue weighted by Gasteiger charge is 2.32. The molecule has 0 fully saturated rings. The Kier molecular flexibility index (Phi) is 4.55. The molecule has 0 saturated carbocycles. The normalized spacial score (nSPS) is 13.5. The summed E-state index contributed by atoms with van der Waals surface area (Å²) in [5, 5.41) is 2.47. The summed E-state index contributed by atoms with van der Waals surface area (Å²) in [6.07, 6.45) is -4.60. The summed E-state index contributed by atoms with van der Waals surface area (Å²) in [5.74, 6) is -1.72. The van der Waals surface area contributed by atoms with Gasteiger partial charge in [-0.2, -0.15) is 13.2 Å². The van der Waals surface area contributed by atoms with E-state index in [2.05, 4.69) is 5.32 Å². The zero-order valence-electron chi connectivity index (χ0n) is 10.8. The van der Waals surface area contributed by atoms with Crippen LogP contribution in [0.4, 0.5) is 17.6 Å². The largest absolute Gasteiger partial charge is 0.416 e. The molecule has 1 atom stereocenters. The van der Waals surface area contributed by atoms with Crippen LogP contribution in [0.5, 0.6) is 0 Å². The van der Waals surface area contributed by atoms with Crippen LogP contribution in [0.2, 0.25) is 0 Å². The Morgan fingerprint density at radius 2 is 1.79 bits per heavy atom. The summed E-state index contributed by atoms with van der Waals surface area (Å²) in [5.41, 5.74) is -1.64. The van der Waals surface area contributed by atoms with E-state index in [-0.39, 0.29) is 12.0 Å². The third kappa shape index (κ3) is 3.94. The van der Waals surface area contributed by atoms with Crippen molar-refractivity contribution in [3.63, 3.8) is 0 Å². The molecule has 0 radical (unpaired) electrons. The van der Waals surface area contributed by atoms with E-state index in [0.717, 1.165) is 0 Å².